The van der Waals surface area contributed by atoms with Gasteiger partial charge in [0, 0.05) is 51.0 Å². The number of piperazine rings is 1. The Morgan fingerprint density at radius 1 is 1.07 bits per heavy atom. The highest BCUT2D eigenvalue weighted by molar-refractivity contribution is 14.0. The number of amides is 1. The summed E-state index contributed by atoms with van der Waals surface area (Å²) in [6, 6.07) is 11.0. The van der Waals surface area contributed by atoms with Crippen LogP contribution in [0.1, 0.15) is 26.7 Å². The smallest absolute Gasteiger partial charge is 0.244 e. The Morgan fingerprint density at radius 3 is 2.47 bits per heavy atom. The number of para-hydroxylation sites is 1. The highest BCUT2D eigenvalue weighted by Crippen LogP contribution is 2.16. The molecule has 168 valence electrons. The highest BCUT2D eigenvalue weighted by Gasteiger charge is 2.23. The van der Waals surface area contributed by atoms with Gasteiger partial charge in [0.25, 0.3) is 0 Å². The third-order valence-corrected chi connectivity index (χ3v) is 5.88. The zero-order chi connectivity index (χ0) is 20.5. The molecule has 2 aliphatic heterocycles. The van der Waals surface area contributed by atoms with Gasteiger partial charge in [-0.15, -0.1) is 24.0 Å². The maximum absolute atomic E-state index is 12.6. The number of aliphatic imine (C=N–C) groups is 1. The van der Waals surface area contributed by atoms with Gasteiger partial charge in [-0.05, 0) is 45.0 Å². The molecule has 1 atom stereocenters. The average Bonchev–Trinajstić information content (AvgIpc) is 3.24. The number of nitrogens with zero attached hydrogens (tertiary/aromatic N) is 4. The van der Waals surface area contributed by atoms with Crippen molar-refractivity contribution in [3.63, 3.8) is 0 Å². The van der Waals surface area contributed by atoms with Crippen LogP contribution < -0.4 is 15.5 Å². The molecule has 0 bridgehead atoms. The molecule has 0 radical (unpaired) electrons. The summed E-state index contributed by atoms with van der Waals surface area (Å²) in [5.41, 5.74) is 1.23. The molecule has 2 aliphatic rings. The summed E-state index contributed by atoms with van der Waals surface area (Å²) in [5, 5.41) is 6.70. The molecule has 0 aromatic heterocycles. The fourth-order valence-electron chi connectivity index (χ4n) is 4.20. The molecule has 8 heteroatoms. The number of anilines is 1. The molecule has 0 aliphatic carbocycles. The van der Waals surface area contributed by atoms with Crippen LogP contribution in [0.2, 0.25) is 0 Å². The fourth-order valence-corrected chi connectivity index (χ4v) is 4.20. The Kier molecular flexibility index (Phi) is 10.7. The number of carbonyl (C=O) groups is 1. The molecule has 3 rings (SSSR count). The maximum atomic E-state index is 12.6. The predicted molar refractivity (Wildman–Crippen MR) is 135 cm³/mol. The van der Waals surface area contributed by atoms with Crippen LogP contribution in [0, 0.1) is 0 Å². The summed E-state index contributed by atoms with van der Waals surface area (Å²) < 4.78 is 0. The van der Waals surface area contributed by atoms with Gasteiger partial charge < -0.3 is 20.4 Å². The lowest BCUT2D eigenvalue weighted by Gasteiger charge is -2.36. The van der Waals surface area contributed by atoms with Crippen molar-refractivity contribution in [2.45, 2.75) is 32.7 Å². The Labute approximate surface area is 198 Å². The van der Waals surface area contributed by atoms with Crippen molar-refractivity contribution in [2.75, 3.05) is 63.8 Å². The van der Waals surface area contributed by atoms with E-state index >= 15 is 0 Å². The summed E-state index contributed by atoms with van der Waals surface area (Å²) in [6.45, 7) is 11.6. The number of halogens is 1. The maximum Gasteiger partial charge on any atom is 0.244 e. The SMILES string of the molecule is CCNC(=NCC(=O)N1CCN(c2ccccc2)CC1)NCC1CCCN1CC.I. The van der Waals surface area contributed by atoms with Gasteiger partial charge in [-0.2, -0.15) is 0 Å². The Balaban J connectivity index is 0.00000320. The average molecular weight is 528 g/mol. The monoisotopic (exact) mass is 528 g/mol. The van der Waals surface area contributed by atoms with E-state index in [4.69, 9.17) is 0 Å². The second-order valence-corrected chi connectivity index (χ2v) is 7.70. The lowest BCUT2D eigenvalue weighted by Crippen LogP contribution is -2.50. The lowest BCUT2D eigenvalue weighted by molar-refractivity contribution is -0.129. The van der Waals surface area contributed by atoms with E-state index in [1.165, 1.54) is 25.1 Å². The first-order valence-corrected chi connectivity index (χ1v) is 11.0. The Hall–Kier alpha value is -1.55. The van der Waals surface area contributed by atoms with E-state index in [9.17, 15) is 4.79 Å². The van der Waals surface area contributed by atoms with E-state index < -0.39 is 0 Å². The molecule has 1 aromatic rings. The van der Waals surface area contributed by atoms with E-state index in [-0.39, 0.29) is 36.4 Å². The van der Waals surface area contributed by atoms with E-state index in [0.29, 0.717) is 6.04 Å². The molecule has 2 N–H and O–H groups in total. The van der Waals surface area contributed by atoms with Gasteiger partial charge in [0.2, 0.25) is 5.91 Å². The predicted octanol–water partition coefficient (Wildman–Crippen LogP) is 1.99. The van der Waals surface area contributed by atoms with Crippen LogP contribution in [0.25, 0.3) is 0 Å². The molecule has 1 aromatic carbocycles. The van der Waals surface area contributed by atoms with E-state index in [1.807, 2.05) is 11.0 Å². The molecule has 0 spiro atoms. The number of nitrogens with one attached hydrogen (secondary N) is 2. The van der Waals surface area contributed by atoms with Crippen molar-refractivity contribution >= 4 is 41.5 Å². The largest absolute Gasteiger partial charge is 0.368 e. The molecule has 2 saturated heterocycles. The van der Waals surface area contributed by atoms with Crippen LogP contribution >= 0.6 is 24.0 Å². The topological polar surface area (TPSA) is 63.2 Å². The molecule has 2 fully saturated rings. The van der Waals surface area contributed by atoms with Crippen molar-refractivity contribution in [2.24, 2.45) is 4.99 Å². The molecule has 7 nitrogen and oxygen atoms in total. The van der Waals surface area contributed by atoms with Crippen molar-refractivity contribution < 1.29 is 4.79 Å². The molecule has 0 saturated carbocycles. The van der Waals surface area contributed by atoms with Crippen molar-refractivity contribution in [3.8, 4) is 0 Å². The first kappa shape index (κ1) is 24.7. The van der Waals surface area contributed by atoms with Crippen LogP contribution in [-0.4, -0.2) is 86.6 Å². The van der Waals surface area contributed by atoms with Gasteiger partial charge in [-0.25, -0.2) is 4.99 Å². The van der Waals surface area contributed by atoms with Gasteiger partial charge in [-0.3, -0.25) is 9.69 Å². The summed E-state index contributed by atoms with van der Waals surface area (Å²) in [4.78, 5) is 24.0. The number of carbonyl (C=O) groups excluding carboxylic acids is 1. The van der Waals surface area contributed by atoms with Crippen molar-refractivity contribution in [1.82, 2.24) is 20.4 Å². The van der Waals surface area contributed by atoms with Crippen LogP contribution in [0.3, 0.4) is 0 Å². The Bertz CT molecular complexity index is 663. The Morgan fingerprint density at radius 2 is 1.80 bits per heavy atom. The number of likely N-dealkylation sites (N-methyl/N-ethyl adjacent to an activating group) is 1. The number of benzene rings is 1. The number of guanidine groups is 1. The first-order chi connectivity index (χ1) is 14.2. The second kappa shape index (κ2) is 13.0. The zero-order valence-electron chi connectivity index (χ0n) is 18.3. The standard InChI is InChI=1S/C22H36N6O.HI/c1-3-23-22(24-17-20-11-8-12-26(20)4-2)25-18-21(29)28-15-13-27(14-16-28)19-9-6-5-7-10-19;/h5-7,9-10,20H,3-4,8,11-18H2,1-2H3,(H2,23,24,25);1H. The summed E-state index contributed by atoms with van der Waals surface area (Å²) >= 11 is 0. The van der Waals surface area contributed by atoms with Gasteiger partial charge in [-0.1, -0.05) is 25.1 Å². The number of rotatable bonds is 7. The van der Waals surface area contributed by atoms with Gasteiger partial charge in [0.05, 0.1) is 0 Å². The van der Waals surface area contributed by atoms with Crippen LogP contribution in [0.4, 0.5) is 5.69 Å². The normalized spacial score (nSPS) is 20.1. The minimum Gasteiger partial charge on any atom is -0.368 e. The number of likely N-dealkylation sites (tertiary alicyclic amines) is 1. The van der Waals surface area contributed by atoms with Crippen LogP contribution in [-0.2, 0) is 4.79 Å². The molecule has 30 heavy (non-hydrogen) atoms. The highest BCUT2D eigenvalue weighted by atomic mass is 127. The zero-order valence-corrected chi connectivity index (χ0v) is 20.7. The second-order valence-electron chi connectivity index (χ2n) is 7.70. The summed E-state index contributed by atoms with van der Waals surface area (Å²) in [5.74, 6) is 0.845. The summed E-state index contributed by atoms with van der Waals surface area (Å²) in [6.07, 6.45) is 2.49. The van der Waals surface area contributed by atoms with Crippen molar-refractivity contribution in [1.29, 1.82) is 0 Å². The molecule has 1 unspecified atom stereocenters. The van der Waals surface area contributed by atoms with E-state index in [0.717, 1.165) is 51.8 Å². The number of hydrogen-bond acceptors (Lipinski definition) is 4. The van der Waals surface area contributed by atoms with E-state index in [1.54, 1.807) is 0 Å². The van der Waals surface area contributed by atoms with E-state index in [2.05, 4.69) is 63.5 Å². The summed E-state index contributed by atoms with van der Waals surface area (Å²) in [7, 11) is 0. The van der Waals surface area contributed by atoms with Crippen LogP contribution in [0.5, 0.6) is 0 Å². The van der Waals surface area contributed by atoms with Crippen molar-refractivity contribution in [3.05, 3.63) is 30.3 Å². The first-order valence-electron chi connectivity index (χ1n) is 11.0. The third kappa shape index (κ3) is 7.01. The van der Waals surface area contributed by atoms with Gasteiger partial charge in [0.1, 0.15) is 6.54 Å². The minimum atomic E-state index is 0. The van der Waals surface area contributed by atoms with Crippen LogP contribution in [0.15, 0.2) is 35.3 Å². The van der Waals surface area contributed by atoms with Gasteiger partial charge >= 0.3 is 0 Å². The lowest BCUT2D eigenvalue weighted by atomic mass is 10.2. The fraction of sp³-hybridized carbons (Fsp3) is 0.636. The number of hydrogen-bond donors (Lipinski definition) is 2. The molecular formula is C22H37IN6O. The molecule has 1 amide bonds. The quantitative estimate of drug-likeness (QED) is 0.322. The minimum absolute atomic E-state index is 0. The molecule has 2 heterocycles. The van der Waals surface area contributed by atoms with Gasteiger partial charge in [0.15, 0.2) is 5.96 Å². The third-order valence-electron chi connectivity index (χ3n) is 5.88. The molecular weight excluding hydrogens is 491 g/mol.